The van der Waals surface area contributed by atoms with Crippen molar-refractivity contribution in [2.24, 2.45) is 11.5 Å². The Morgan fingerprint density at radius 2 is 1.94 bits per heavy atom. The fraction of sp³-hybridized carbons (Fsp3) is 0.0909. The van der Waals surface area contributed by atoms with E-state index in [9.17, 15) is 9.59 Å². The van der Waals surface area contributed by atoms with Crippen molar-refractivity contribution in [1.29, 1.82) is 0 Å². The summed E-state index contributed by atoms with van der Waals surface area (Å²) in [5, 5.41) is 0.755. The molecule has 0 radical (unpaired) electrons. The van der Waals surface area contributed by atoms with Gasteiger partial charge in [0, 0.05) is 5.56 Å². The molecule has 17 heavy (non-hydrogen) atoms. The number of nitrogens with zero attached hydrogens (tertiary/aromatic N) is 1. The summed E-state index contributed by atoms with van der Waals surface area (Å²) < 4.78 is 0. The number of carbonyl (C=O) groups is 2. The highest BCUT2D eigenvalue weighted by Gasteiger charge is 2.29. The molecule has 0 bridgehead atoms. The zero-order valence-electron chi connectivity index (χ0n) is 8.87. The molecular formula is C11H11N3O3. The van der Waals surface area contributed by atoms with Crippen LogP contribution in [0.3, 0.4) is 0 Å². The van der Waals surface area contributed by atoms with E-state index in [1.165, 1.54) is 6.08 Å². The number of fused-ring (bicyclic) bond motifs is 1. The SMILES string of the molecule is NC(=O)C1C=Cc2ccccc2ON1C(N)=O. The first-order chi connectivity index (χ1) is 8.09. The molecule has 4 N–H and O–H groups in total. The van der Waals surface area contributed by atoms with Crippen LogP contribution in [0.4, 0.5) is 4.79 Å². The molecule has 1 heterocycles. The van der Waals surface area contributed by atoms with E-state index in [0.717, 1.165) is 10.6 Å². The number of primary amides is 2. The van der Waals surface area contributed by atoms with E-state index in [-0.39, 0.29) is 0 Å². The van der Waals surface area contributed by atoms with Crippen molar-refractivity contribution >= 4 is 18.0 Å². The molecule has 2 rings (SSSR count). The van der Waals surface area contributed by atoms with E-state index < -0.39 is 18.0 Å². The summed E-state index contributed by atoms with van der Waals surface area (Å²) in [7, 11) is 0. The van der Waals surface area contributed by atoms with Crippen LogP contribution in [-0.2, 0) is 4.79 Å². The van der Waals surface area contributed by atoms with Gasteiger partial charge in [-0.1, -0.05) is 24.3 Å². The van der Waals surface area contributed by atoms with Crippen LogP contribution in [0.15, 0.2) is 30.3 Å². The normalized spacial score (nSPS) is 17.9. The van der Waals surface area contributed by atoms with Crippen LogP contribution in [0.2, 0.25) is 0 Å². The van der Waals surface area contributed by atoms with Crippen LogP contribution < -0.4 is 16.3 Å². The molecule has 1 aliphatic rings. The summed E-state index contributed by atoms with van der Waals surface area (Å²) in [4.78, 5) is 27.7. The first-order valence-electron chi connectivity index (χ1n) is 4.93. The zero-order valence-corrected chi connectivity index (χ0v) is 8.87. The van der Waals surface area contributed by atoms with Crippen molar-refractivity contribution in [3.63, 3.8) is 0 Å². The lowest BCUT2D eigenvalue weighted by Gasteiger charge is -2.23. The number of amides is 3. The number of carbonyl (C=O) groups excluding carboxylic acids is 2. The van der Waals surface area contributed by atoms with Crippen molar-refractivity contribution in [2.75, 3.05) is 0 Å². The van der Waals surface area contributed by atoms with Crippen LogP contribution in [0, 0.1) is 0 Å². The number of hydrogen-bond donors (Lipinski definition) is 2. The summed E-state index contributed by atoms with van der Waals surface area (Å²) in [6.45, 7) is 0. The zero-order chi connectivity index (χ0) is 12.4. The van der Waals surface area contributed by atoms with Gasteiger partial charge < -0.3 is 16.3 Å². The lowest BCUT2D eigenvalue weighted by atomic mass is 10.1. The third-order valence-corrected chi connectivity index (χ3v) is 2.34. The predicted octanol–water partition coefficient (Wildman–Crippen LogP) is 0.242. The minimum absolute atomic E-state index is 0.436. The maximum atomic E-state index is 11.2. The number of urea groups is 1. The van der Waals surface area contributed by atoms with Gasteiger partial charge in [-0.15, -0.1) is 5.06 Å². The van der Waals surface area contributed by atoms with E-state index in [1.807, 2.05) is 6.07 Å². The van der Waals surface area contributed by atoms with Crippen LogP contribution >= 0.6 is 0 Å². The molecule has 1 unspecified atom stereocenters. The molecule has 0 aliphatic carbocycles. The van der Waals surface area contributed by atoms with Gasteiger partial charge in [0.1, 0.15) is 0 Å². The van der Waals surface area contributed by atoms with Gasteiger partial charge >= 0.3 is 6.03 Å². The molecular weight excluding hydrogens is 222 g/mol. The van der Waals surface area contributed by atoms with Gasteiger partial charge in [0.25, 0.3) is 0 Å². The van der Waals surface area contributed by atoms with E-state index in [4.69, 9.17) is 16.3 Å². The summed E-state index contributed by atoms with van der Waals surface area (Å²) in [6.07, 6.45) is 3.13. The van der Waals surface area contributed by atoms with E-state index >= 15 is 0 Å². The number of hydrogen-bond acceptors (Lipinski definition) is 3. The first kappa shape index (κ1) is 11.0. The van der Waals surface area contributed by atoms with Gasteiger partial charge in [0.05, 0.1) is 0 Å². The largest absolute Gasteiger partial charge is 0.374 e. The first-order valence-corrected chi connectivity index (χ1v) is 4.93. The molecule has 1 aromatic rings. The van der Waals surface area contributed by atoms with Crippen LogP contribution in [0.25, 0.3) is 6.08 Å². The van der Waals surface area contributed by atoms with Crippen molar-refractivity contribution in [3.05, 3.63) is 35.9 Å². The Morgan fingerprint density at radius 1 is 1.24 bits per heavy atom. The fourth-order valence-corrected chi connectivity index (χ4v) is 1.53. The Morgan fingerprint density at radius 3 is 2.59 bits per heavy atom. The molecule has 0 aromatic heterocycles. The molecule has 0 saturated carbocycles. The molecule has 0 fully saturated rings. The molecule has 0 spiro atoms. The number of benzene rings is 1. The van der Waals surface area contributed by atoms with Crippen molar-refractivity contribution in [1.82, 2.24) is 5.06 Å². The summed E-state index contributed by atoms with van der Waals surface area (Å²) in [6, 6.07) is 5.12. The van der Waals surface area contributed by atoms with Crippen molar-refractivity contribution in [3.8, 4) is 5.75 Å². The van der Waals surface area contributed by atoms with Gasteiger partial charge in [0.15, 0.2) is 11.8 Å². The lowest BCUT2D eigenvalue weighted by molar-refractivity contribution is -0.128. The van der Waals surface area contributed by atoms with Gasteiger partial charge in [-0.25, -0.2) is 4.79 Å². The number of hydroxylamine groups is 2. The maximum Gasteiger partial charge on any atom is 0.348 e. The average Bonchev–Trinajstić information content (AvgIpc) is 2.47. The molecule has 0 saturated heterocycles. The molecule has 6 nitrogen and oxygen atoms in total. The van der Waals surface area contributed by atoms with Crippen LogP contribution in [0.1, 0.15) is 5.56 Å². The number of nitrogens with two attached hydrogens (primary N) is 2. The third-order valence-electron chi connectivity index (χ3n) is 2.34. The predicted molar refractivity (Wildman–Crippen MR) is 60.5 cm³/mol. The quantitative estimate of drug-likeness (QED) is 0.726. The molecule has 6 heteroatoms. The Bertz CT molecular complexity index is 498. The third kappa shape index (κ3) is 2.05. The van der Waals surface area contributed by atoms with Crippen molar-refractivity contribution < 1.29 is 14.4 Å². The Hall–Kier alpha value is -2.50. The molecule has 88 valence electrons. The number of para-hydroxylation sites is 1. The molecule has 1 atom stereocenters. The molecule has 1 aromatic carbocycles. The van der Waals surface area contributed by atoms with Gasteiger partial charge in [-0.2, -0.15) is 0 Å². The Kier molecular flexibility index (Phi) is 2.70. The van der Waals surface area contributed by atoms with Crippen LogP contribution in [0.5, 0.6) is 5.75 Å². The minimum Gasteiger partial charge on any atom is -0.374 e. The average molecular weight is 233 g/mol. The second-order valence-electron chi connectivity index (χ2n) is 3.50. The molecule has 1 aliphatic heterocycles. The summed E-state index contributed by atoms with van der Waals surface area (Å²) >= 11 is 0. The maximum absolute atomic E-state index is 11.2. The Labute approximate surface area is 97.4 Å². The topological polar surface area (TPSA) is 98.7 Å². The van der Waals surface area contributed by atoms with Crippen molar-refractivity contribution in [2.45, 2.75) is 6.04 Å². The number of rotatable bonds is 1. The summed E-state index contributed by atoms with van der Waals surface area (Å²) in [5.74, 6) is -0.279. The highest BCUT2D eigenvalue weighted by atomic mass is 16.7. The summed E-state index contributed by atoms with van der Waals surface area (Å²) in [5.41, 5.74) is 11.1. The van der Waals surface area contributed by atoms with Gasteiger partial charge in [-0.05, 0) is 12.1 Å². The smallest absolute Gasteiger partial charge is 0.348 e. The fourth-order valence-electron chi connectivity index (χ4n) is 1.53. The molecule has 3 amide bonds. The highest BCUT2D eigenvalue weighted by Crippen LogP contribution is 2.24. The lowest BCUT2D eigenvalue weighted by Crippen LogP contribution is -2.50. The second-order valence-corrected chi connectivity index (χ2v) is 3.50. The Balaban J connectivity index is 2.44. The minimum atomic E-state index is -1.01. The van der Waals surface area contributed by atoms with E-state index in [1.54, 1.807) is 24.3 Å². The highest BCUT2D eigenvalue weighted by molar-refractivity contribution is 5.88. The monoisotopic (exact) mass is 233 g/mol. The van der Waals surface area contributed by atoms with Gasteiger partial charge in [0.2, 0.25) is 5.91 Å². The van der Waals surface area contributed by atoms with E-state index in [2.05, 4.69) is 0 Å². The van der Waals surface area contributed by atoms with Gasteiger partial charge in [-0.3, -0.25) is 4.79 Å². The van der Waals surface area contributed by atoms with E-state index in [0.29, 0.717) is 5.75 Å². The van der Waals surface area contributed by atoms with Crippen LogP contribution in [-0.4, -0.2) is 23.0 Å². The second kappa shape index (κ2) is 4.17. The standard InChI is InChI=1S/C11H11N3O3/c12-10(15)8-6-5-7-3-1-2-4-9(7)17-14(8)11(13)16/h1-6,8H,(H2,12,15)(H2,13,16).